The molecule has 0 radical (unpaired) electrons. The van der Waals surface area contributed by atoms with Gasteiger partial charge in [0.1, 0.15) is 17.7 Å². The largest absolute Gasteiger partial charge is 0.481 e. The number of rotatable bonds is 4. The summed E-state index contributed by atoms with van der Waals surface area (Å²) >= 11 is 0. The Morgan fingerprint density at radius 1 is 1.03 bits per heavy atom. The van der Waals surface area contributed by atoms with Gasteiger partial charge in [0.25, 0.3) is 0 Å². The second-order valence-corrected chi connectivity index (χ2v) is 8.58. The number of ether oxygens (including phenoxy) is 1. The topological polar surface area (TPSA) is 66.8 Å². The summed E-state index contributed by atoms with van der Waals surface area (Å²) in [6, 6.07) is 10.6. The minimum absolute atomic E-state index is 0.0193. The van der Waals surface area contributed by atoms with Crippen molar-refractivity contribution in [3.63, 3.8) is 0 Å². The van der Waals surface area contributed by atoms with Crippen LogP contribution < -0.4 is 4.74 Å². The van der Waals surface area contributed by atoms with Crippen molar-refractivity contribution in [3.05, 3.63) is 70.5 Å². The van der Waals surface area contributed by atoms with Gasteiger partial charge in [-0.15, -0.1) is 0 Å². The van der Waals surface area contributed by atoms with Crippen LogP contribution in [0.4, 0.5) is 9.18 Å². The van der Waals surface area contributed by atoms with Gasteiger partial charge in [0, 0.05) is 35.7 Å². The molecule has 1 aliphatic carbocycles. The van der Waals surface area contributed by atoms with E-state index in [0.29, 0.717) is 24.2 Å². The first kappa shape index (κ1) is 19.8. The Labute approximate surface area is 180 Å². The van der Waals surface area contributed by atoms with Crippen LogP contribution in [-0.4, -0.2) is 35.0 Å². The second kappa shape index (κ2) is 7.84. The number of ketones is 1. The lowest BCUT2D eigenvalue weighted by Crippen LogP contribution is -2.36. The molecule has 1 N–H and O–H groups in total. The van der Waals surface area contributed by atoms with Crippen molar-refractivity contribution in [2.45, 2.75) is 37.7 Å². The SMILES string of the molecule is O=C(c1ccc(C2C=Cc3cccc(C4CCN(C(=O)O)CC4)c3O2)c(F)c1)C1CC1. The van der Waals surface area contributed by atoms with E-state index < -0.39 is 18.0 Å². The van der Waals surface area contributed by atoms with E-state index in [1.807, 2.05) is 30.4 Å². The summed E-state index contributed by atoms with van der Waals surface area (Å²) in [6.45, 7) is 0.988. The van der Waals surface area contributed by atoms with Gasteiger partial charge in [0.15, 0.2) is 5.78 Å². The third-order valence-corrected chi connectivity index (χ3v) is 6.52. The first-order valence-electron chi connectivity index (χ1n) is 10.8. The maximum Gasteiger partial charge on any atom is 0.407 e. The number of hydrogen-bond donors (Lipinski definition) is 1. The molecule has 6 heteroatoms. The fourth-order valence-electron chi connectivity index (χ4n) is 4.56. The molecule has 2 aliphatic heterocycles. The van der Waals surface area contributed by atoms with E-state index in [4.69, 9.17) is 4.74 Å². The average Bonchev–Trinajstić information content (AvgIpc) is 3.63. The molecular weight excluding hydrogens is 397 g/mol. The van der Waals surface area contributed by atoms with Gasteiger partial charge >= 0.3 is 6.09 Å². The summed E-state index contributed by atoms with van der Waals surface area (Å²) in [7, 11) is 0. The molecule has 2 aromatic rings. The molecular formula is C25H24FNO4. The van der Waals surface area contributed by atoms with Crippen molar-refractivity contribution in [2.24, 2.45) is 5.92 Å². The van der Waals surface area contributed by atoms with E-state index in [2.05, 4.69) is 0 Å². The predicted octanol–water partition coefficient (Wildman–Crippen LogP) is 5.42. The summed E-state index contributed by atoms with van der Waals surface area (Å²) in [5, 5.41) is 9.20. The van der Waals surface area contributed by atoms with Crippen molar-refractivity contribution in [1.82, 2.24) is 4.90 Å². The van der Waals surface area contributed by atoms with E-state index in [1.165, 1.54) is 11.0 Å². The number of benzene rings is 2. The van der Waals surface area contributed by atoms with Gasteiger partial charge in [0.05, 0.1) is 0 Å². The van der Waals surface area contributed by atoms with E-state index in [9.17, 15) is 19.1 Å². The zero-order valence-electron chi connectivity index (χ0n) is 17.1. The molecule has 1 amide bonds. The monoisotopic (exact) mass is 421 g/mol. The quantitative estimate of drug-likeness (QED) is 0.669. The Morgan fingerprint density at radius 2 is 1.81 bits per heavy atom. The molecule has 2 fully saturated rings. The van der Waals surface area contributed by atoms with E-state index >= 15 is 0 Å². The molecule has 2 aromatic carbocycles. The number of amides is 1. The van der Waals surface area contributed by atoms with Crippen LogP contribution in [0.2, 0.25) is 0 Å². The number of likely N-dealkylation sites (tertiary alicyclic amines) is 1. The summed E-state index contributed by atoms with van der Waals surface area (Å²) in [4.78, 5) is 24.9. The molecule has 160 valence electrons. The van der Waals surface area contributed by atoms with Crippen molar-refractivity contribution < 1.29 is 23.8 Å². The lowest BCUT2D eigenvalue weighted by atomic mass is 9.87. The number of Topliss-reactive ketones (excluding diaryl/α,β-unsaturated/α-hetero) is 1. The highest BCUT2D eigenvalue weighted by Gasteiger charge is 2.32. The van der Waals surface area contributed by atoms with Crippen LogP contribution in [0, 0.1) is 11.7 Å². The third kappa shape index (κ3) is 3.82. The molecule has 2 heterocycles. The van der Waals surface area contributed by atoms with Crippen LogP contribution in [0.5, 0.6) is 5.75 Å². The van der Waals surface area contributed by atoms with Crippen LogP contribution in [0.3, 0.4) is 0 Å². The average molecular weight is 421 g/mol. The molecule has 1 unspecified atom stereocenters. The van der Waals surface area contributed by atoms with Crippen molar-refractivity contribution in [3.8, 4) is 5.75 Å². The molecule has 1 saturated heterocycles. The standard InChI is InChI=1S/C25H24FNO4/c26-21-14-18(23(28)16-4-5-16)6-8-20(21)22-9-7-17-2-1-3-19(24(17)31-22)15-10-12-27(13-11-15)25(29)30/h1-3,6-9,14-16,22H,4-5,10-13H2,(H,29,30). The van der Waals surface area contributed by atoms with Gasteiger partial charge in [-0.3, -0.25) is 4.79 Å². The molecule has 5 nitrogen and oxygen atoms in total. The number of para-hydroxylation sites is 1. The van der Waals surface area contributed by atoms with Gasteiger partial charge < -0.3 is 14.7 Å². The van der Waals surface area contributed by atoms with Gasteiger partial charge in [-0.25, -0.2) is 9.18 Å². The molecule has 31 heavy (non-hydrogen) atoms. The Bertz CT molecular complexity index is 1070. The maximum atomic E-state index is 14.9. The van der Waals surface area contributed by atoms with Crippen molar-refractivity contribution >= 4 is 18.0 Å². The van der Waals surface area contributed by atoms with Crippen LogP contribution in [0.1, 0.15) is 64.8 Å². The van der Waals surface area contributed by atoms with E-state index in [1.54, 1.807) is 12.1 Å². The molecule has 0 aromatic heterocycles. The minimum atomic E-state index is -0.883. The lowest BCUT2D eigenvalue weighted by molar-refractivity contribution is 0.0966. The van der Waals surface area contributed by atoms with Crippen LogP contribution in [0.25, 0.3) is 6.08 Å². The van der Waals surface area contributed by atoms with Crippen LogP contribution >= 0.6 is 0 Å². The molecule has 3 aliphatic rings. The number of hydrogen-bond acceptors (Lipinski definition) is 3. The first-order valence-corrected chi connectivity index (χ1v) is 10.8. The Balaban J connectivity index is 1.38. The minimum Gasteiger partial charge on any atom is -0.481 e. The Morgan fingerprint density at radius 3 is 2.48 bits per heavy atom. The van der Waals surface area contributed by atoms with Gasteiger partial charge in [-0.1, -0.05) is 36.4 Å². The molecule has 1 atom stereocenters. The lowest BCUT2D eigenvalue weighted by Gasteiger charge is -2.32. The number of carbonyl (C=O) groups is 2. The zero-order valence-corrected chi connectivity index (χ0v) is 17.1. The van der Waals surface area contributed by atoms with Gasteiger partial charge in [0.2, 0.25) is 0 Å². The highest BCUT2D eigenvalue weighted by Crippen LogP contribution is 2.42. The van der Waals surface area contributed by atoms with E-state index in [-0.39, 0.29) is 17.6 Å². The number of fused-ring (bicyclic) bond motifs is 1. The van der Waals surface area contributed by atoms with Crippen LogP contribution in [-0.2, 0) is 0 Å². The highest BCUT2D eigenvalue weighted by atomic mass is 19.1. The number of nitrogens with zero attached hydrogens (tertiary/aromatic N) is 1. The smallest absolute Gasteiger partial charge is 0.407 e. The van der Waals surface area contributed by atoms with Crippen molar-refractivity contribution in [2.75, 3.05) is 13.1 Å². The fraction of sp³-hybridized carbons (Fsp3) is 0.360. The molecule has 5 rings (SSSR count). The predicted molar refractivity (Wildman–Crippen MR) is 114 cm³/mol. The van der Waals surface area contributed by atoms with Gasteiger partial charge in [-0.2, -0.15) is 0 Å². The summed E-state index contributed by atoms with van der Waals surface area (Å²) in [6.07, 6.45) is 5.56. The highest BCUT2D eigenvalue weighted by molar-refractivity contribution is 5.99. The molecule has 0 spiro atoms. The summed E-state index contributed by atoms with van der Waals surface area (Å²) in [5.74, 6) is 0.572. The normalized spacial score (nSPS) is 20.8. The number of carbonyl (C=O) groups excluding carboxylic acids is 1. The summed E-state index contributed by atoms with van der Waals surface area (Å²) in [5.41, 5.74) is 2.81. The first-order chi connectivity index (χ1) is 15.0. The number of halogens is 1. The summed E-state index contributed by atoms with van der Waals surface area (Å²) < 4.78 is 21.2. The Kier molecular flexibility index (Phi) is 5.00. The number of carboxylic acid groups (broad SMARTS) is 1. The van der Waals surface area contributed by atoms with Crippen molar-refractivity contribution in [1.29, 1.82) is 0 Å². The zero-order chi connectivity index (χ0) is 21.5. The molecule has 1 saturated carbocycles. The van der Waals surface area contributed by atoms with Crippen LogP contribution in [0.15, 0.2) is 42.5 Å². The Hall–Kier alpha value is -3.15. The van der Waals surface area contributed by atoms with E-state index in [0.717, 1.165) is 42.6 Å². The maximum absolute atomic E-state index is 14.9. The van der Waals surface area contributed by atoms with Gasteiger partial charge in [-0.05, 0) is 49.3 Å². The fourth-order valence-corrected chi connectivity index (χ4v) is 4.56. The second-order valence-electron chi connectivity index (χ2n) is 8.58. The third-order valence-electron chi connectivity index (χ3n) is 6.52. The number of piperidine rings is 1. The molecule has 0 bridgehead atoms.